The van der Waals surface area contributed by atoms with Gasteiger partial charge in [0.1, 0.15) is 6.04 Å². The first-order chi connectivity index (χ1) is 9.63. The molecule has 1 aliphatic rings. The van der Waals surface area contributed by atoms with Crippen LogP contribution < -0.4 is 5.73 Å². The molecular weight excluding hydrogens is 250 g/mol. The van der Waals surface area contributed by atoms with E-state index in [-0.39, 0.29) is 11.9 Å². The summed E-state index contributed by atoms with van der Waals surface area (Å²) >= 11 is 0. The van der Waals surface area contributed by atoms with Crippen LogP contribution in [0, 0.1) is 0 Å². The lowest BCUT2D eigenvalue weighted by molar-refractivity contribution is -0.135. The average molecular weight is 275 g/mol. The number of hydrogen-bond acceptors (Lipinski definition) is 3. The van der Waals surface area contributed by atoms with Crippen molar-refractivity contribution in [1.82, 2.24) is 9.80 Å². The Kier molecular flexibility index (Phi) is 5.15. The van der Waals surface area contributed by atoms with Crippen molar-refractivity contribution in [3.63, 3.8) is 0 Å². The standard InChI is InChI=1S/C16H25N3O/c1-3-14-12-18(2)10-7-11-19(14)16(20)15(17)13-8-5-4-6-9-13/h4-6,8-9,14-15H,3,7,10-12,17H2,1-2H3. The molecule has 20 heavy (non-hydrogen) atoms. The number of nitrogens with zero attached hydrogens (tertiary/aromatic N) is 2. The largest absolute Gasteiger partial charge is 0.337 e. The van der Waals surface area contributed by atoms with Gasteiger partial charge in [-0.2, -0.15) is 0 Å². The first kappa shape index (κ1) is 15.0. The van der Waals surface area contributed by atoms with Crippen molar-refractivity contribution in [2.75, 3.05) is 26.7 Å². The summed E-state index contributed by atoms with van der Waals surface area (Å²) in [5, 5.41) is 0. The molecule has 0 radical (unpaired) electrons. The molecule has 2 rings (SSSR count). The van der Waals surface area contributed by atoms with Gasteiger partial charge in [0.25, 0.3) is 0 Å². The quantitative estimate of drug-likeness (QED) is 0.912. The molecule has 0 aliphatic carbocycles. The van der Waals surface area contributed by atoms with Crippen LogP contribution in [0.1, 0.15) is 31.4 Å². The molecule has 0 aromatic heterocycles. The molecule has 1 aromatic rings. The third-order valence-electron chi connectivity index (χ3n) is 4.08. The van der Waals surface area contributed by atoms with Crippen LogP contribution >= 0.6 is 0 Å². The van der Waals surface area contributed by atoms with Gasteiger partial charge in [0.05, 0.1) is 0 Å². The van der Waals surface area contributed by atoms with E-state index in [1.54, 1.807) is 0 Å². The number of nitrogens with two attached hydrogens (primary N) is 1. The van der Waals surface area contributed by atoms with Gasteiger partial charge in [0, 0.05) is 19.1 Å². The third kappa shape index (κ3) is 3.38. The SMILES string of the molecule is CCC1CN(C)CCCN1C(=O)C(N)c1ccccc1. The number of hydrogen-bond donors (Lipinski definition) is 1. The van der Waals surface area contributed by atoms with Crippen molar-refractivity contribution in [2.45, 2.75) is 31.8 Å². The molecule has 1 amide bonds. The van der Waals surface area contributed by atoms with Crippen LogP contribution in [0.4, 0.5) is 0 Å². The van der Waals surface area contributed by atoms with Crippen molar-refractivity contribution in [3.05, 3.63) is 35.9 Å². The molecule has 1 aliphatic heterocycles. The van der Waals surface area contributed by atoms with E-state index in [0.29, 0.717) is 0 Å². The highest BCUT2D eigenvalue weighted by atomic mass is 16.2. The van der Waals surface area contributed by atoms with Crippen molar-refractivity contribution >= 4 is 5.91 Å². The van der Waals surface area contributed by atoms with Crippen molar-refractivity contribution in [2.24, 2.45) is 5.73 Å². The van der Waals surface area contributed by atoms with Gasteiger partial charge in [-0.15, -0.1) is 0 Å². The van der Waals surface area contributed by atoms with Gasteiger partial charge in [-0.25, -0.2) is 0 Å². The summed E-state index contributed by atoms with van der Waals surface area (Å²) in [4.78, 5) is 17.0. The number of carbonyl (C=O) groups excluding carboxylic acids is 1. The minimum atomic E-state index is -0.548. The van der Waals surface area contributed by atoms with Crippen molar-refractivity contribution < 1.29 is 4.79 Å². The first-order valence-electron chi connectivity index (χ1n) is 7.43. The predicted molar refractivity (Wildman–Crippen MR) is 81.3 cm³/mol. The Morgan fingerprint density at radius 2 is 2.05 bits per heavy atom. The Hall–Kier alpha value is -1.39. The summed E-state index contributed by atoms with van der Waals surface area (Å²) < 4.78 is 0. The van der Waals surface area contributed by atoms with Crippen LogP contribution in [-0.4, -0.2) is 48.4 Å². The lowest BCUT2D eigenvalue weighted by atomic mass is 10.0. The topological polar surface area (TPSA) is 49.6 Å². The zero-order valence-electron chi connectivity index (χ0n) is 12.5. The summed E-state index contributed by atoms with van der Waals surface area (Å²) in [5.74, 6) is 0.0540. The summed E-state index contributed by atoms with van der Waals surface area (Å²) in [7, 11) is 2.12. The zero-order valence-corrected chi connectivity index (χ0v) is 12.5. The van der Waals surface area contributed by atoms with Crippen LogP contribution in [0.5, 0.6) is 0 Å². The second-order valence-corrected chi connectivity index (χ2v) is 5.60. The van der Waals surface area contributed by atoms with Crippen molar-refractivity contribution in [1.29, 1.82) is 0 Å². The second-order valence-electron chi connectivity index (χ2n) is 5.60. The summed E-state index contributed by atoms with van der Waals surface area (Å²) in [6.07, 6.45) is 1.98. The Balaban J connectivity index is 2.13. The molecule has 1 saturated heterocycles. The van der Waals surface area contributed by atoms with E-state index in [2.05, 4.69) is 18.9 Å². The van der Waals surface area contributed by atoms with Gasteiger partial charge < -0.3 is 15.5 Å². The van der Waals surface area contributed by atoms with E-state index < -0.39 is 6.04 Å². The van der Waals surface area contributed by atoms with Gasteiger partial charge >= 0.3 is 0 Å². The first-order valence-corrected chi connectivity index (χ1v) is 7.43. The average Bonchev–Trinajstić information content (AvgIpc) is 2.67. The van der Waals surface area contributed by atoms with Gasteiger partial charge in [-0.05, 0) is 32.0 Å². The summed E-state index contributed by atoms with van der Waals surface area (Å²) in [6, 6.07) is 9.36. The molecular formula is C16H25N3O. The highest BCUT2D eigenvalue weighted by Crippen LogP contribution is 2.18. The Morgan fingerprint density at radius 1 is 1.35 bits per heavy atom. The van der Waals surface area contributed by atoms with Gasteiger partial charge in [-0.3, -0.25) is 4.79 Å². The molecule has 1 fully saturated rings. The number of rotatable bonds is 3. The maximum atomic E-state index is 12.7. The van der Waals surface area contributed by atoms with E-state index >= 15 is 0 Å². The molecule has 1 aromatic carbocycles. The Labute approximate surface area is 121 Å². The fourth-order valence-electron chi connectivity index (χ4n) is 2.86. The highest BCUT2D eigenvalue weighted by molar-refractivity contribution is 5.83. The highest BCUT2D eigenvalue weighted by Gasteiger charge is 2.29. The molecule has 4 nitrogen and oxygen atoms in total. The summed E-state index contributed by atoms with van der Waals surface area (Å²) in [5.41, 5.74) is 7.06. The van der Waals surface area contributed by atoms with Crippen LogP contribution in [-0.2, 0) is 4.79 Å². The predicted octanol–water partition coefficient (Wildman–Crippen LogP) is 1.63. The molecule has 2 N–H and O–H groups in total. The number of likely N-dealkylation sites (N-methyl/N-ethyl adjacent to an activating group) is 1. The molecule has 4 heteroatoms. The monoisotopic (exact) mass is 275 g/mol. The fraction of sp³-hybridized carbons (Fsp3) is 0.562. The van der Waals surface area contributed by atoms with Crippen LogP contribution in [0.3, 0.4) is 0 Å². The minimum Gasteiger partial charge on any atom is -0.337 e. The lowest BCUT2D eigenvalue weighted by Crippen LogP contribution is -2.47. The molecule has 0 spiro atoms. The number of benzene rings is 1. The van der Waals surface area contributed by atoms with E-state index in [9.17, 15) is 4.79 Å². The Morgan fingerprint density at radius 3 is 2.70 bits per heavy atom. The third-order valence-corrected chi connectivity index (χ3v) is 4.08. The summed E-state index contributed by atoms with van der Waals surface area (Å²) in [6.45, 7) is 4.92. The van der Waals surface area contributed by atoms with Gasteiger partial charge in [0.2, 0.25) is 5.91 Å². The van der Waals surface area contributed by atoms with E-state index in [1.165, 1.54) is 0 Å². The molecule has 110 valence electrons. The lowest BCUT2D eigenvalue weighted by Gasteiger charge is -2.32. The van der Waals surface area contributed by atoms with Gasteiger partial charge in [0.15, 0.2) is 0 Å². The maximum Gasteiger partial charge on any atom is 0.244 e. The fourth-order valence-corrected chi connectivity index (χ4v) is 2.86. The maximum absolute atomic E-state index is 12.7. The number of amides is 1. The molecule has 0 saturated carbocycles. The molecule has 0 bridgehead atoms. The molecule has 2 atom stereocenters. The van der Waals surface area contributed by atoms with Crippen LogP contribution in [0.25, 0.3) is 0 Å². The Bertz CT molecular complexity index is 435. The smallest absolute Gasteiger partial charge is 0.244 e. The molecule has 2 unspecified atom stereocenters. The van der Waals surface area contributed by atoms with Crippen LogP contribution in [0.2, 0.25) is 0 Å². The number of carbonyl (C=O) groups is 1. The zero-order chi connectivity index (χ0) is 14.5. The minimum absolute atomic E-state index is 0.0540. The van der Waals surface area contributed by atoms with Gasteiger partial charge in [-0.1, -0.05) is 37.3 Å². The second kappa shape index (κ2) is 6.86. The van der Waals surface area contributed by atoms with E-state index in [0.717, 1.165) is 38.0 Å². The van der Waals surface area contributed by atoms with E-state index in [4.69, 9.17) is 5.73 Å². The van der Waals surface area contributed by atoms with E-state index in [1.807, 2.05) is 35.2 Å². The molecule has 1 heterocycles. The van der Waals surface area contributed by atoms with Crippen LogP contribution in [0.15, 0.2) is 30.3 Å². The van der Waals surface area contributed by atoms with Crippen molar-refractivity contribution in [3.8, 4) is 0 Å². The normalized spacial score (nSPS) is 22.4.